The van der Waals surface area contributed by atoms with Crippen LogP contribution < -0.4 is 10.2 Å². The number of hydrogen-bond acceptors (Lipinski definition) is 3. The monoisotopic (exact) mass is 317 g/mol. The maximum Gasteiger partial charge on any atom is 0.318 e. The minimum absolute atomic E-state index is 0.0000907. The Morgan fingerprint density at radius 3 is 2.83 bits per heavy atom. The molecule has 2 fully saturated rings. The second-order valence-electron chi connectivity index (χ2n) is 6.58. The number of anilines is 1. The van der Waals surface area contributed by atoms with Crippen molar-refractivity contribution in [2.45, 2.75) is 38.8 Å². The molecule has 5 heteroatoms. The summed E-state index contributed by atoms with van der Waals surface area (Å²) in [6.07, 6.45) is 2.54. The molecule has 1 aromatic rings. The van der Waals surface area contributed by atoms with Crippen LogP contribution in [0.15, 0.2) is 24.3 Å². The van der Waals surface area contributed by atoms with E-state index in [0.29, 0.717) is 19.8 Å². The van der Waals surface area contributed by atoms with Gasteiger partial charge < -0.3 is 19.9 Å². The molecule has 2 heterocycles. The molecule has 0 aliphatic carbocycles. The molecule has 0 unspecified atom stereocenters. The second kappa shape index (κ2) is 7.21. The Balaban J connectivity index is 1.64. The average Bonchev–Trinajstić information content (AvgIpc) is 3.10. The molecule has 0 bridgehead atoms. The summed E-state index contributed by atoms with van der Waals surface area (Å²) in [5.41, 5.74) is 2.42. The highest BCUT2D eigenvalue weighted by Gasteiger charge is 2.25. The molecule has 126 valence electrons. The van der Waals surface area contributed by atoms with E-state index in [9.17, 15) is 4.79 Å². The number of ether oxygens (including phenoxy) is 1. The fraction of sp³-hybridized carbons (Fsp3) is 0.611. The lowest BCUT2D eigenvalue weighted by Gasteiger charge is -2.34. The topological polar surface area (TPSA) is 44.8 Å². The lowest BCUT2D eigenvalue weighted by Crippen LogP contribution is -2.51. The number of amides is 2. The van der Waals surface area contributed by atoms with Crippen molar-refractivity contribution in [3.8, 4) is 0 Å². The van der Waals surface area contributed by atoms with E-state index in [0.717, 1.165) is 18.7 Å². The fourth-order valence-electron chi connectivity index (χ4n) is 3.35. The van der Waals surface area contributed by atoms with E-state index in [4.69, 9.17) is 4.74 Å². The number of morpholine rings is 1. The molecule has 2 atom stereocenters. The molecular formula is C18H27N3O2. The van der Waals surface area contributed by atoms with E-state index in [1.54, 1.807) is 0 Å². The highest BCUT2D eigenvalue weighted by molar-refractivity contribution is 5.75. The standard InChI is InChI=1S/C18H27N3O2/c1-14-13-23-11-10-21(14)18(22)19-15(2)16-6-5-7-17(12-16)20-8-3-4-9-20/h5-7,12,14-15H,3-4,8-11,13H2,1-2H3,(H,19,22)/t14-,15+/m1/s1. The molecule has 3 rings (SSSR count). The fourth-order valence-corrected chi connectivity index (χ4v) is 3.35. The molecule has 0 spiro atoms. The maximum absolute atomic E-state index is 12.5. The minimum atomic E-state index is -0.000115. The van der Waals surface area contributed by atoms with E-state index < -0.39 is 0 Å². The third kappa shape index (κ3) is 3.78. The van der Waals surface area contributed by atoms with Crippen LogP contribution in [0.2, 0.25) is 0 Å². The molecule has 1 N–H and O–H groups in total. The van der Waals surface area contributed by atoms with Crippen LogP contribution >= 0.6 is 0 Å². The zero-order valence-corrected chi connectivity index (χ0v) is 14.1. The van der Waals surface area contributed by atoms with Crippen molar-refractivity contribution in [1.82, 2.24) is 10.2 Å². The molecule has 2 amide bonds. The molecule has 2 saturated heterocycles. The van der Waals surface area contributed by atoms with E-state index in [2.05, 4.69) is 34.5 Å². The average molecular weight is 317 g/mol. The van der Waals surface area contributed by atoms with Gasteiger partial charge in [-0.3, -0.25) is 0 Å². The normalized spacial score (nSPS) is 23.0. The van der Waals surface area contributed by atoms with Gasteiger partial charge in [0.1, 0.15) is 0 Å². The van der Waals surface area contributed by atoms with Gasteiger partial charge in [-0.2, -0.15) is 0 Å². The van der Waals surface area contributed by atoms with Crippen LogP contribution in [0.25, 0.3) is 0 Å². The molecule has 5 nitrogen and oxygen atoms in total. The number of urea groups is 1. The summed E-state index contributed by atoms with van der Waals surface area (Å²) in [5, 5.41) is 3.13. The van der Waals surface area contributed by atoms with Crippen molar-refractivity contribution < 1.29 is 9.53 Å². The van der Waals surface area contributed by atoms with Gasteiger partial charge in [0, 0.05) is 25.3 Å². The highest BCUT2D eigenvalue weighted by atomic mass is 16.5. The summed E-state index contributed by atoms with van der Waals surface area (Å²) in [4.78, 5) is 16.8. The van der Waals surface area contributed by atoms with Crippen molar-refractivity contribution in [2.75, 3.05) is 37.7 Å². The lowest BCUT2D eigenvalue weighted by atomic mass is 10.1. The van der Waals surface area contributed by atoms with Gasteiger partial charge in [-0.05, 0) is 44.4 Å². The Morgan fingerprint density at radius 2 is 2.09 bits per heavy atom. The van der Waals surface area contributed by atoms with Crippen LogP contribution in [0.3, 0.4) is 0 Å². The van der Waals surface area contributed by atoms with E-state index >= 15 is 0 Å². The van der Waals surface area contributed by atoms with Gasteiger partial charge in [-0.15, -0.1) is 0 Å². The van der Waals surface area contributed by atoms with Crippen molar-refractivity contribution in [2.24, 2.45) is 0 Å². The Labute approximate surface area is 138 Å². The first kappa shape index (κ1) is 16.1. The van der Waals surface area contributed by atoms with Gasteiger partial charge in [0.25, 0.3) is 0 Å². The second-order valence-corrected chi connectivity index (χ2v) is 6.58. The van der Waals surface area contributed by atoms with Crippen LogP contribution in [0.5, 0.6) is 0 Å². The molecular weight excluding hydrogens is 290 g/mol. The Bertz CT molecular complexity index is 543. The van der Waals surface area contributed by atoms with Crippen LogP contribution in [0.1, 0.15) is 38.3 Å². The number of nitrogens with one attached hydrogen (secondary N) is 1. The predicted molar refractivity (Wildman–Crippen MR) is 91.8 cm³/mol. The summed E-state index contributed by atoms with van der Waals surface area (Å²) in [6, 6.07) is 8.68. The lowest BCUT2D eigenvalue weighted by molar-refractivity contribution is 0.0185. The van der Waals surface area contributed by atoms with Crippen molar-refractivity contribution in [1.29, 1.82) is 0 Å². The summed E-state index contributed by atoms with van der Waals surface area (Å²) in [6.45, 7) is 8.24. The highest BCUT2D eigenvalue weighted by Crippen LogP contribution is 2.24. The largest absolute Gasteiger partial charge is 0.377 e. The number of hydrogen-bond donors (Lipinski definition) is 1. The van der Waals surface area contributed by atoms with Crippen molar-refractivity contribution in [3.05, 3.63) is 29.8 Å². The summed E-state index contributed by atoms with van der Waals surface area (Å²) in [5.74, 6) is 0. The van der Waals surface area contributed by atoms with Crippen LogP contribution in [0, 0.1) is 0 Å². The quantitative estimate of drug-likeness (QED) is 0.932. The maximum atomic E-state index is 12.5. The number of benzene rings is 1. The van der Waals surface area contributed by atoms with Crippen molar-refractivity contribution in [3.63, 3.8) is 0 Å². The SMILES string of the molecule is C[C@H](NC(=O)N1CCOC[C@H]1C)c1cccc(N2CCCC2)c1. The summed E-state index contributed by atoms with van der Waals surface area (Å²) in [7, 11) is 0. The zero-order valence-electron chi connectivity index (χ0n) is 14.1. The Morgan fingerprint density at radius 1 is 1.30 bits per heavy atom. The number of rotatable bonds is 3. The van der Waals surface area contributed by atoms with E-state index in [1.807, 2.05) is 18.7 Å². The van der Waals surface area contributed by atoms with Gasteiger partial charge in [0.2, 0.25) is 0 Å². The summed E-state index contributed by atoms with van der Waals surface area (Å²) >= 11 is 0. The van der Waals surface area contributed by atoms with Gasteiger partial charge in [0.05, 0.1) is 25.3 Å². The first-order valence-electron chi connectivity index (χ1n) is 8.65. The molecule has 2 aliphatic heterocycles. The zero-order chi connectivity index (χ0) is 16.2. The molecule has 0 aromatic heterocycles. The molecule has 0 saturated carbocycles. The molecule has 1 aromatic carbocycles. The summed E-state index contributed by atoms with van der Waals surface area (Å²) < 4.78 is 5.40. The number of carbonyl (C=O) groups is 1. The first-order chi connectivity index (χ1) is 11.1. The van der Waals surface area contributed by atoms with Gasteiger partial charge in [-0.25, -0.2) is 4.79 Å². The van der Waals surface area contributed by atoms with E-state index in [-0.39, 0.29) is 18.1 Å². The van der Waals surface area contributed by atoms with Gasteiger partial charge in [-0.1, -0.05) is 12.1 Å². The van der Waals surface area contributed by atoms with Gasteiger partial charge >= 0.3 is 6.03 Å². The Kier molecular flexibility index (Phi) is 5.06. The smallest absolute Gasteiger partial charge is 0.318 e. The number of nitrogens with zero attached hydrogens (tertiary/aromatic N) is 2. The molecule has 2 aliphatic rings. The third-order valence-corrected chi connectivity index (χ3v) is 4.81. The third-order valence-electron chi connectivity index (χ3n) is 4.81. The van der Waals surface area contributed by atoms with Crippen molar-refractivity contribution >= 4 is 11.7 Å². The number of carbonyl (C=O) groups excluding carboxylic acids is 1. The van der Waals surface area contributed by atoms with Crippen LogP contribution in [0.4, 0.5) is 10.5 Å². The molecule has 23 heavy (non-hydrogen) atoms. The molecule has 0 radical (unpaired) electrons. The predicted octanol–water partition coefficient (Wildman–Crippen LogP) is 2.78. The van der Waals surface area contributed by atoms with Crippen LogP contribution in [-0.2, 0) is 4.74 Å². The Hall–Kier alpha value is -1.75. The van der Waals surface area contributed by atoms with E-state index in [1.165, 1.54) is 18.5 Å². The van der Waals surface area contributed by atoms with Gasteiger partial charge in [0.15, 0.2) is 0 Å². The minimum Gasteiger partial charge on any atom is -0.377 e. The first-order valence-corrected chi connectivity index (χ1v) is 8.65. The van der Waals surface area contributed by atoms with Crippen LogP contribution in [-0.4, -0.2) is 49.8 Å².